The largest absolute Gasteiger partial charge is 0.504 e. The number of thioether (sulfide) groups is 1. The van der Waals surface area contributed by atoms with Crippen molar-refractivity contribution in [2.75, 3.05) is 7.11 Å². The number of aromatic hydroxyl groups is 1. The van der Waals surface area contributed by atoms with E-state index in [-0.39, 0.29) is 35.3 Å². The topological polar surface area (TPSA) is 58.6 Å². The quantitative estimate of drug-likeness (QED) is 0.649. The first-order valence-corrected chi connectivity index (χ1v) is 6.05. The summed E-state index contributed by atoms with van der Waals surface area (Å²) in [6.45, 7) is 0. The van der Waals surface area contributed by atoms with Gasteiger partial charge in [-0.25, -0.2) is 4.39 Å². The summed E-state index contributed by atoms with van der Waals surface area (Å²) in [5.41, 5.74) is 0.0932. The Morgan fingerprint density at radius 1 is 1.53 bits per heavy atom. The average molecular weight is 301 g/mol. The first-order chi connectivity index (χ1) is 8.51. The molecular weight excluding hydrogens is 289 g/mol. The number of carbonyl (C=O) groups excluding carboxylic acids is 1. The van der Waals surface area contributed by atoms with Crippen molar-refractivity contribution < 1.29 is 19.0 Å². The molecule has 1 fully saturated rings. The lowest BCUT2D eigenvalue weighted by atomic mass is 10.1. The number of carbonyl (C=O) groups is 1. The van der Waals surface area contributed by atoms with Crippen LogP contribution in [-0.4, -0.2) is 22.4 Å². The summed E-state index contributed by atoms with van der Waals surface area (Å²) >= 11 is 5.86. The number of thiocarbonyl (C=S) groups is 1. The van der Waals surface area contributed by atoms with Crippen molar-refractivity contribution in [3.63, 3.8) is 0 Å². The number of benzene rings is 1. The molecule has 0 bridgehead atoms. The number of methoxy groups -OCH3 is 1. The molecule has 1 amide bonds. The molecule has 1 saturated heterocycles. The van der Waals surface area contributed by atoms with Crippen molar-refractivity contribution in [3.8, 4) is 11.5 Å². The smallest absolute Gasteiger partial charge is 0.263 e. The van der Waals surface area contributed by atoms with E-state index in [4.69, 9.17) is 17.0 Å². The molecule has 0 aromatic heterocycles. The zero-order chi connectivity index (χ0) is 13.3. The summed E-state index contributed by atoms with van der Waals surface area (Å²) in [5, 5.41) is 12.0. The Kier molecular flexibility index (Phi) is 4.90. The van der Waals surface area contributed by atoms with Crippen molar-refractivity contribution in [2.45, 2.75) is 7.43 Å². The molecule has 1 heterocycles. The van der Waals surface area contributed by atoms with Crippen molar-refractivity contribution in [1.29, 1.82) is 0 Å². The van der Waals surface area contributed by atoms with Crippen molar-refractivity contribution in [1.82, 2.24) is 5.32 Å². The summed E-state index contributed by atoms with van der Waals surface area (Å²) in [5.74, 6) is -1.13. The van der Waals surface area contributed by atoms with Crippen molar-refractivity contribution in [2.24, 2.45) is 0 Å². The third-order valence-electron chi connectivity index (χ3n) is 2.23. The standard InChI is InChI=1S/C11H8FNO3S2.CH4/c1-16-8-4-6(12)5(2-7(8)14)3-9-10(15)13-11(17)18-9;/h2-4,14H,1H3,(H,13,15,17);1H4/b9-3-;. The molecule has 0 radical (unpaired) electrons. The van der Waals surface area contributed by atoms with Gasteiger partial charge in [0.25, 0.3) is 5.91 Å². The predicted octanol–water partition coefficient (Wildman–Crippen LogP) is 2.66. The molecule has 1 aliphatic heterocycles. The van der Waals surface area contributed by atoms with Crippen LogP contribution in [-0.2, 0) is 4.79 Å². The monoisotopic (exact) mass is 301 g/mol. The lowest BCUT2D eigenvalue weighted by Crippen LogP contribution is -2.17. The van der Waals surface area contributed by atoms with E-state index in [2.05, 4.69) is 5.32 Å². The van der Waals surface area contributed by atoms with Gasteiger partial charge in [0, 0.05) is 11.6 Å². The zero-order valence-electron chi connectivity index (χ0n) is 9.19. The van der Waals surface area contributed by atoms with Gasteiger partial charge < -0.3 is 15.2 Å². The van der Waals surface area contributed by atoms with Crippen LogP contribution in [0.15, 0.2) is 17.0 Å². The van der Waals surface area contributed by atoms with Crippen LogP contribution < -0.4 is 10.1 Å². The number of hydrogen-bond donors (Lipinski definition) is 2. The van der Waals surface area contributed by atoms with E-state index in [9.17, 15) is 14.3 Å². The fourth-order valence-electron chi connectivity index (χ4n) is 1.40. The number of halogens is 1. The Hall–Kier alpha value is -1.60. The van der Waals surface area contributed by atoms with E-state index in [1.54, 1.807) is 0 Å². The minimum Gasteiger partial charge on any atom is -0.504 e. The van der Waals surface area contributed by atoms with E-state index < -0.39 is 5.82 Å². The molecule has 0 saturated carbocycles. The molecule has 2 N–H and O–H groups in total. The number of nitrogens with one attached hydrogen (secondary N) is 1. The van der Waals surface area contributed by atoms with Gasteiger partial charge in [0.2, 0.25) is 0 Å². The number of rotatable bonds is 2. The second kappa shape index (κ2) is 6.03. The number of amides is 1. The van der Waals surface area contributed by atoms with Crippen molar-refractivity contribution in [3.05, 3.63) is 28.4 Å². The second-order valence-corrected chi connectivity index (χ2v) is 5.12. The van der Waals surface area contributed by atoms with Gasteiger partial charge in [0.05, 0.1) is 12.0 Å². The highest BCUT2D eigenvalue weighted by atomic mass is 32.2. The molecule has 0 atom stereocenters. The third kappa shape index (κ3) is 3.24. The lowest BCUT2D eigenvalue weighted by molar-refractivity contribution is -0.115. The summed E-state index contributed by atoms with van der Waals surface area (Å²) in [7, 11) is 1.32. The Morgan fingerprint density at radius 2 is 2.21 bits per heavy atom. The third-order valence-corrected chi connectivity index (χ3v) is 3.39. The number of phenolic OH excluding ortho intramolecular Hbond substituents is 1. The number of ether oxygens (including phenoxy) is 1. The summed E-state index contributed by atoms with van der Waals surface area (Å²) in [6.07, 6.45) is 1.33. The van der Waals surface area contributed by atoms with Gasteiger partial charge in [-0.1, -0.05) is 31.4 Å². The van der Waals surface area contributed by atoms with E-state index in [1.165, 1.54) is 19.3 Å². The molecule has 102 valence electrons. The van der Waals surface area contributed by atoms with Crippen LogP contribution in [0.1, 0.15) is 13.0 Å². The molecule has 2 rings (SSSR count). The van der Waals surface area contributed by atoms with Crippen LogP contribution in [0, 0.1) is 5.82 Å². The van der Waals surface area contributed by atoms with Crippen LogP contribution in [0.4, 0.5) is 4.39 Å². The maximum Gasteiger partial charge on any atom is 0.263 e. The van der Waals surface area contributed by atoms with E-state index in [0.29, 0.717) is 4.32 Å². The first kappa shape index (κ1) is 15.5. The molecule has 0 aliphatic carbocycles. The normalized spacial score (nSPS) is 16.2. The lowest BCUT2D eigenvalue weighted by Gasteiger charge is -2.05. The molecule has 1 aromatic carbocycles. The van der Waals surface area contributed by atoms with Gasteiger partial charge in [0.15, 0.2) is 11.5 Å². The van der Waals surface area contributed by atoms with Crippen LogP contribution in [0.5, 0.6) is 11.5 Å². The molecule has 4 nitrogen and oxygen atoms in total. The van der Waals surface area contributed by atoms with E-state index in [0.717, 1.165) is 17.8 Å². The Morgan fingerprint density at radius 3 is 2.74 bits per heavy atom. The second-order valence-electron chi connectivity index (χ2n) is 3.40. The maximum absolute atomic E-state index is 13.7. The van der Waals surface area contributed by atoms with Crippen LogP contribution >= 0.6 is 24.0 Å². The zero-order valence-corrected chi connectivity index (χ0v) is 10.8. The maximum atomic E-state index is 13.7. The molecule has 0 unspecified atom stereocenters. The first-order valence-electron chi connectivity index (χ1n) is 4.82. The van der Waals surface area contributed by atoms with Gasteiger partial charge >= 0.3 is 0 Å². The molecule has 0 spiro atoms. The summed E-state index contributed by atoms with van der Waals surface area (Å²) < 4.78 is 18.8. The fourth-order valence-corrected chi connectivity index (χ4v) is 2.43. The van der Waals surface area contributed by atoms with Crippen LogP contribution in [0.3, 0.4) is 0 Å². The van der Waals surface area contributed by atoms with E-state index >= 15 is 0 Å². The molecule has 1 aliphatic rings. The van der Waals surface area contributed by atoms with Crippen molar-refractivity contribution >= 4 is 40.3 Å². The van der Waals surface area contributed by atoms with Gasteiger partial charge in [-0.15, -0.1) is 0 Å². The fraction of sp³-hybridized carbons (Fsp3) is 0.167. The van der Waals surface area contributed by atoms with Gasteiger partial charge in [-0.2, -0.15) is 0 Å². The number of phenols is 1. The minimum absolute atomic E-state index is 0. The van der Waals surface area contributed by atoms with E-state index in [1.807, 2.05) is 0 Å². The highest BCUT2D eigenvalue weighted by Crippen LogP contribution is 2.32. The highest BCUT2D eigenvalue weighted by molar-refractivity contribution is 8.26. The Balaban J connectivity index is 0.00000180. The van der Waals surface area contributed by atoms with Gasteiger partial charge in [-0.05, 0) is 12.1 Å². The van der Waals surface area contributed by atoms with Gasteiger partial charge in [-0.3, -0.25) is 4.79 Å². The van der Waals surface area contributed by atoms with Gasteiger partial charge in [0.1, 0.15) is 10.1 Å². The summed E-state index contributed by atoms with van der Waals surface area (Å²) in [6, 6.07) is 2.24. The van der Waals surface area contributed by atoms with Crippen LogP contribution in [0.2, 0.25) is 0 Å². The molecular formula is C12H12FNO3S2. The average Bonchev–Trinajstić information content (AvgIpc) is 2.62. The SMILES string of the molecule is C.COc1cc(F)c(/C=C2\SC(=S)NC2=O)cc1O. The molecule has 1 aromatic rings. The van der Waals surface area contributed by atoms with Crippen LogP contribution in [0.25, 0.3) is 6.08 Å². The molecule has 7 heteroatoms. The Bertz CT molecular complexity index is 572. The number of hydrogen-bond acceptors (Lipinski definition) is 5. The summed E-state index contributed by atoms with van der Waals surface area (Å²) in [4.78, 5) is 11.7. The Labute approximate surface area is 119 Å². The minimum atomic E-state index is -0.594. The molecule has 19 heavy (non-hydrogen) atoms. The highest BCUT2D eigenvalue weighted by Gasteiger charge is 2.22. The predicted molar refractivity (Wildman–Crippen MR) is 77.7 cm³/mol.